The molecule has 0 spiro atoms. The van der Waals surface area contributed by atoms with Crippen LogP contribution in [-0.2, 0) is 4.79 Å². The van der Waals surface area contributed by atoms with E-state index >= 15 is 0 Å². The Hall–Kier alpha value is -1.35. The maximum Gasteiger partial charge on any atom is 0.223 e. The van der Waals surface area contributed by atoms with Crippen molar-refractivity contribution in [2.24, 2.45) is 5.92 Å². The lowest BCUT2D eigenvalue weighted by atomic mass is 9.93. The minimum Gasteiger partial charge on any atom is -0.336 e. The fourth-order valence-electron chi connectivity index (χ4n) is 4.03. The quantitative estimate of drug-likeness (QED) is 0.918. The molecule has 1 amide bonds. The zero-order valence-corrected chi connectivity index (χ0v) is 14.6. The number of hydrogen-bond donors (Lipinski definition) is 1. The topological polar surface area (TPSA) is 32.3 Å². The second kappa shape index (κ2) is 7.48. The third-order valence-electron chi connectivity index (χ3n) is 5.71. The molecule has 0 saturated carbocycles. The van der Waals surface area contributed by atoms with Crippen LogP contribution < -0.4 is 5.32 Å². The van der Waals surface area contributed by atoms with Gasteiger partial charge in [-0.2, -0.15) is 0 Å². The van der Waals surface area contributed by atoms with E-state index in [2.05, 4.69) is 42.3 Å². The number of nitrogens with zero attached hydrogens (tertiary/aromatic N) is 1. The number of aryl methyl sites for hydroxylation is 2. The van der Waals surface area contributed by atoms with E-state index in [-0.39, 0.29) is 0 Å². The number of likely N-dealkylation sites (tertiary alicyclic amines) is 1. The van der Waals surface area contributed by atoms with Crippen molar-refractivity contribution in [3.05, 3.63) is 34.9 Å². The molecule has 2 aliphatic rings. The number of hydrogen-bond acceptors (Lipinski definition) is 2. The first-order chi connectivity index (χ1) is 11.1. The van der Waals surface area contributed by atoms with Gasteiger partial charge in [0.15, 0.2) is 0 Å². The first-order valence-electron chi connectivity index (χ1n) is 9.22. The Bertz CT molecular complexity index is 549. The number of amides is 1. The Kier molecular flexibility index (Phi) is 5.37. The highest BCUT2D eigenvalue weighted by Gasteiger charge is 2.30. The van der Waals surface area contributed by atoms with Gasteiger partial charge in [0.25, 0.3) is 0 Å². The van der Waals surface area contributed by atoms with Gasteiger partial charge in [0.1, 0.15) is 0 Å². The van der Waals surface area contributed by atoms with E-state index in [1.165, 1.54) is 29.5 Å². The standard InChI is InChI=1S/C20H30N2O/c1-15-5-7-18(14-16(15)2)19-4-3-13-22(19)20(23)8-6-17-9-11-21-12-10-17/h5,7,14,17,19,21H,3-4,6,8-13H2,1-2H3. The molecule has 1 unspecified atom stereocenters. The van der Waals surface area contributed by atoms with Gasteiger partial charge in [-0.25, -0.2) is 0 Å². The molecule has 1 atom stereocenters. The number of carbonyl (C=O) groups is 1. The molecule has 1 N–H and O–H groups in total. The Morgan fingerprint density at radius 3 is 2.70 bits per heavy atom. The summed E-state index contributed by atoms with van der Waals surface area (Å²) in [6.45, 7) is 7.48. The van der Waals surface area contributed by atoms with Crippen molar-refractivity contribution in [2.75, 3.05) is 19.6 Å². The monoisotopic (exact) mass is 314 g/mol. The van der Waals surface area contributed by atoms with Crippen LogP contribution in [0.1, 0.15) is 61.3 Å². The van der Waals surface area contributed by atoms with Gasteiger partial charge in [-0.3, -0.25) is 4.79 Å². The van der Waals surface area contributed by atoms with E-state index in [9.17, 15) is 4.79 Å². The second-order valence-electron chi connectivity index (χ2n) is 7.32. The highest BCUT2D eigenvalue weighted by atomic mass is 16.2. The van der Waals surface area contributed by atoms with Gasteiger partial charge in [0, 0.05) is 13.0 Å². The number of benzene rings is 1. The summed E-state index contributed by atoms with van der Waals surface area (Å²) in [5, 5.41) is 3.40. The Balaban J connectivity index is 1.61. The van der Waals surface area contributed by atoms with Crippen molar-refractivity contribution in [3.63, 3.8) is 0 Å². The number of piperidine rings is 1. The SMILES string of the molecule is Cc1ccc(C2CCCN2C(=O)CCC2CCNCC2)cc1C. The Morgan fingerprint density at radius 1 is 1.17 bits per heavy atom. The fraction of sp³-hybridized carbons (Fsp3) is 0.650. The molecule has 2 saturated heterocycles. The number of rotatable bonds is 4. The zero-order valence-electron chi connectivity index (χ0n) is 14.6. The molecule has 0 aliphatic carbocycles. The van der Waals surface area contributed by atoms with Gasteiger partial charge in [-0.1, -0.05) is 18.2 Å². The van der Waals surface area contributed by atoms with E-state index in [1.807, 2.05) is 0 Å². The van der Waals surface area contributed by atoms with Crippen LogP contribution in [0.4, 0.5) is 0 Å². The molecule has 1 aromatic carbocycles. The van der Waals surface area contributed by atoms with E-state index in [0.717, 1.165) is 51.2 Å². The molecule has 23 heavy (non-hydrogen) atoms. The minimum absolute atomic E-state index is 0.301. The summed E-state index contributed by atoms with van der Waals surface area (Å²) in [4.78, 5) is 14.9. The van der Waals surface area contributed by atoms with Crippen molar-refractivity contribution in [1.29, 1.82) is 0 Å². The van der Waals surface area contributed by atoms with Crippen molar-refractivity contribution in [3.8, 4) is 0 Å². The predicted octanol–water partition coefficient (Wildman–Crippen LogP) is 3.75. The Labute approximate surface area is 140 Å². The van der Waals surface area contributed by atoms with Crippen LogP contribution in [0.3, 0.4) is 0 Å². The molecule has 3 heteroatoms. The average molecular weight is 314 g/mol. The molecule has 0 radical (unpaired) electrons. The predicted molar refractivity (Wildman–Crippen MR) is 94.4 cm³/mol. The minimum atomic E-state index is 0.301. The van der Waals surface area contributed by atoms with Crippen LogP contribution in [-0.4, -0.2) is 30.4 Å². The van der Waals surface area contributed by atoms with E-state index in [0.29, 0.717) is 11.9 Å². The third kappa shape index (κ3) is 3.95. The van der Waals surface area contributed by atoms with Crippen LogP contribution in [0.25, 0.3) is 0 Å². The maximum absolute atomic E-state index is 12.7. The Morgan fingerprint density at radius 2 is 1.96 bits per heavy atom. The van der Waals surface area contributed by atoms with Crippen LogP contribution in [0, 0.1) is 19.8 Å². The highest BCUT2D eigenvalue weighted by molar-refractivity contribution is 5.77. The van der Waals surface area contributed by atoms with Gasteiger partial charge >= 0.3 is 0 Å². The average Bonchev–Trinajstić information content (AvgIpc) is 3.06. The molecule has 3 rings (SSSR count). The smallest absolute Gasteiger partial charge is 0.223 e. The molecule has 2 heterocycles. The summed E-state index contributed by atoms with van der Waals surface area (Å²) in [6, 6.07) is 6.99. The fourth-order valence-corrected chi connectivity index (χ4v) is 4.03. The normalized spacial score (nSPS) is 22.5. The summed E-state index contributed by atoms with van der Waals surface area (Å²) in [5.74, 6) is 1.10. The van der Waals surface area contributed by atoms with Gasteiger partial charge in [-0.05, 0) is 81.6 Å². The lowest BCUT2D eigenvalue weighted by molar-refractivity contribution is -0.132. The third-order valence-corrected chi connectivity index (χ3v) is 5.71. The molecular weight excluding hydrogens is 284 g/mol. The van der Waals surface area contributed by atoms with Crippen LogP contribution in [0.2, 0.25) is 0 Å². The van der Waals surface area contributed by atoms with Crippen LogP contribution in [0.15, 0.2) is 18.2 Å². The summed E-state index contributed by atoms with van der Waals surface area (Å²) >= 11 is 0. The molecule has 1 aromatic rings. The first-order valence-corrected chi connectivity index (χ1v) is 9.22. The van der Waals surface area contributed by atoms with Gasteiger partial charge < -0.3 is 10.2 Å². The largest absolute Gasteiger partial charge is 0.336 e. The summed E-state index contributed by atoms with van der Waals surface area (Å²) < 4.78 is 0. The maximum atomic E-state index is 12.7. The van der Waals surface area contributed by atoms with Gasteiger partial charge in [0.2, 0.25) is 5.91 Å². The van der Waals surface area contributed by atoms with E-state index < -0.39 is 0 Å². The highest BCUT2D eigenvalue weighted by Crippen LogP contribution is 2.33. The van der Waals surface area contributed by atoms with Crippen molar-refractivity contribution in [1.82, 2.24) is 10.2 Å². The number of carbonyl (C=O) groups excluding carboxylic acids is 1. The van der Waals surface area contributed by atoms with E-state index in [4.69, 9.17) is 0 Å². The molecule has 2 aliphatic heterocycles. The lowest BCUT2D eigenvalue weighted by Gasteiger charge is -2.27. The van der Waals surface area contributed by atoms with Gasteiger partial charge in [-0.15, -0.1) is 0 Å². The molecule has 126 valence electrons. The lowest BCUT2D eigenvalue weighted by Crippen LogP contribution is -2.32. The second-order valence-corrected chi connectivity index (χ2v) is 7.32. The molecule has 0 bridgehead atoms. The summed E-state index contributed by atoms with van der Waals surface area (Å²) in [7, 11) is 0. The van der Waals surface area contributed by atoms with Crippen LogP contribution in [0.5, 0.6) is 0 Å². The zero-order chi connectivity index (χ0) is 16.2. The van der Waals surface area contributed by atoms with Crippen molar-refractivity contribution in [2.45, 2.75) is 58.4 Å². The van der Waals surface area contributed by atoms with Crippen molar-refractivity contribution < 1.29 is 4.79 Å². The molecular formula is C20H30N2O. The molecule has 2 fully saturated rings. The summed E-state index contributed by atoms with van der Waals surface area (Å²) in [6.07, 6.45) is 6.50. The first kappa shape index (κ1) is 16.5. The van der Waals surface area contributed by atoms with Gasteiger partial charge in [0.05, 0.1) is 6.04 Å². The van der Waals surface area contributed by atoms with E-state index in [1.54, 1.807) is 0 Å². The molecule has 0 aromatic heterocycles. The van der Waals surface area contributed by atoms with Crippen LogP contribution >= 0.6 is 0 Å². The van der Waals surface area contributed by atoms with Crippen molar-refractivity contribution >= 4 is 5.91 Å². The molecule has 3 nitrogen and oxygen atoms in total. The summed E-state index contributed by atoms with van der Waals surface area (Å²) in [5.41, 5.74) is 3.98. The number of nitrogens with one attached hydrogen (secondary N) is 1.